The lowest BCUT2D eigenvalue weighted by Gasteiger charge is -2.29. The third-order valence-electron chi connectivity index (χ3n) is 3.70. The Morgan fingerprint density at radius 3 is 2.74 bits per heavy atom. The highest BCUT2D eigenvalue weighted by molar-refractivity contribution is 7.99. The van der Waals surface area contributed by atoms with Gasteiger partial charge in [0.25, 0.3) is 0 Å². The van der Waals surface area contributed by atoms with Crippen molar-refractivity contribution in [1.29, 1.82) is 0 Å². The van der Waals surface area contributed by atoms with Crippen LogP contribution in [0.15, 0.2) is 5.16 Å². The highest BCUT2D eigenvalue weighted by Gasteiger charge is 2.24. The maximum atomic E-state index is 4.12. The second-order valence-corrected chi connectivity index (χ2v) is 6.50. The summed E-state index contributed by atoms with van der Waals surface area (Å²) in [7, 11) is 1.92. The van der Waals surface area contributed by atoms with Crippen LogP contribution in [0.2, 0.25) is 0 Å². The number of nitrogens with one attached hydrogen (secondary N) is 1. The van der Waals surface area contributed by atoms with Crippen molar-refractivity contribution < 1.29 is 0 Å². The molecule has 1 saturated carbocycles. The van der Waals surface area contributed by atoms with E-state index in [0.29, 0.717) is 11.3 Å². The van der Waals surface area contributed by atoms with Crippen molar-refractivity contribution in [3.05, 3.63) is 0 Å². The molecule has 1 aromatic rings. The zero-order chi connectivity index (χ0) is 13.5. The summed E-state index contributed by atoms with van der Waals surface area (Å²) in [6.45, 7) is 3.34. The van der Waals surface area contributed by atoms with Crippen molar-refractivity contribution >= 4 is 11.8 Å². The van der Waals surface area contributed by atoms with E-state index in [4.69, 9.17) is 0 Å². The molecule has 2 rings (SSSR count). The first-order valence-electron chi connectivity index (χ1n) is 7.43. The van der Waals surface area contributed by atoms with Gasteiger partial charge in [0, 0.05) is 18.3 Å². The Balaban J connectivity index is 1.99. The fourth-order valence-electron chi connectivity index (χ4n) is 2.61. The van der Waals surface area contributed by atoms with E-state index in [1.165, 1.54) is 44.9 Å². The standard InChI is InChI=1S/C13H25N5S/c1-3-10-14-11-8-6-4-5-7-9-12(11)19-13-15-16-17-18(13)2/h11-12,14H,3-10H2,1-2H3. The number of aromatic nitrogens is 4. The lowest BCUT2D eigenvalue weighted by molar-refractivity contribution is 0.399. The van der Waals surface area contributed by atoms with Crippen molar-refractivity contribution in [3.8, 4) is 0 Å². The monoisotopic (exact) mass is 283 g/mol. The number of aryl methyl sites for hydroxylation is 1. The van der Waals surface area contributed by atoms with Crippen LogP contribution in [0, 0.1) is 0 Å². The Labute approximate surface area is 119 Å². The number of thioether (sulfide) groups is 1. The molecule has 108 valence electrons. The number of nitrogens with zero attached hydrogens (tertiary/aromatic N) is 4. The van der Waals surface area contributed by atoms with Gasteiger partial charge in [-0.15, -0.1) is 5.10 Å². The van der Waals surface area contributed by atoms with Crippen LogP contribution in [-0.4, -0.2) is 38.0 Å². The summed E-state index contributed by atoms with van der Waals surface area (Å²) >= 11 is 1.84. The smallest absolute Gasteiger partial charge is 0.209 e. The molecule has 1 aromatic heterocycles. The molecule has 6 heteroatoms. The van der Waals surface area contributed by atoms with Gasteiger partial charge in [0.05, 0.1) is 0 Å². The van der Waals surface area contributed by atoms with Gasteiger partial charge in [-0.2, -0.15) is 0 Å². The molecule has 0 aliphatic heterocycles. The molecule has 0 radical (unpaired) electrons. The van der Waals surface area contributed by atoms with Crippen LogP contribution in [-0.2, 0) is 7.05 Å². The summed E-state index contributed by atoms with van der Waals surface area (Å²) in [5, 5.41) is 17.0. The topological polar surface area (TPSA) is 55.6 Å². The summed E-state index contributed by atoms with van der Waals surface area (Å²) < 4.78 is 1.78. The van der Waals surface area contributed by atoms with Crippen LogP contribution in [0.5, 0.6) is 0 Å². The fourth-order valence-corrected chi connectivity index (χ4v) is 3.84. The molecule has 1 aliphatic carbocycles. The van der Waals surface area contributed by atoms with Crippen LogP contribution in [0.3, 0.4) is 0 Å². The lowest BCUT2D eigenvalue weighted by Crippen LogP contribution is -2.39. The largest absolute Gasteiger partial charge is 0.313 e. The minimum Gasteiger partial charge on any atom is -0.313 e. The quantitative estimate of drug-likeness (QED) is 0.899. The molecule has 0 saturated heterocycles. The van der Waals surface area contributed by atoms with E-state index in [9.17, 15) is 0 Å². The number of rotatable bonds is 5. The van der Waals surface area contributed by atoms with Crippen LogP contribution >= 0.6 is 11.8 Å². The minimum absolute atomic E-state index is 0.594. The minimum atomic E-state index is 0.594. The molecular weight excluding hydrogens is 258 g/mol. The number of hydrogen-bond donors (Lipinski definition) is 1. The molecule has 0 bridgehead atoms. The summed E-state index contributed by atoms with van der Waals surface area (Å²) in [6.07, 6.45) is 9.16. The van der Waals surface area contributed by atoms with Crippen LogP contribution in [0.4, 0.5) is 0 Å². The highest BCUT2D eigenvalue weighted by Crippen LogP contribution is 2.31. The molecule has 0 amide bonds. The zero-order valence-corrected chi connectivity index (χ0v) is 12.8. The molecule has 2 unspecified atom stereocenters. The molecule has 5 nitrogen and oxygen atoms in total. The van der Waals surface area contributed by atoms with Gasteiger partial charge < -0.3 is 5.32 Å². The van der Waals surface area contributed by atoms with E-state index in [1.54, 1.807) is 4.68 Å². The average molecular weight is 283 g/mol. The molecule has 0 aromatic carbocycles. The predicted octanol–water partition coefficient (Wildman–Crippen LogP) is 2.39. The van der Waals surface area contributed by atoms with Crippen LogP contribution in [0.1, 0.15) is 51.9 Å². The molecule has 1 fully saturated rings. The van der Waals surface area contributed by atoms with Gasteiger partial charge in [-0.05, 0) is 36.2 Å². The van der Waals surface area contributed by atoms with Gasteiger partial charge >= 0.3 is 0 Å². The van der Waals surface area contributed by atoms with E-state index < -0.39 is 0 Å². The van der Waals surface area contributed by atoms with Crippen molar-refractivity contribution in [3.63, 3.8) is 0 Å². The molecule has 1 aliphatic rings. The number of hydrogen-bond acceptors (Lipinski definition) is 5. The third kappa shape index (κ3) is 4.45. The summed E-state index contributed by atoms with van der Waals surface area (Å²) in [5.74, 6) is 0. The van der Waals surface area contributed by atoms with E-state index in [2.05, 4.69) is 27.8 Å². The average Bonchev–Trinajstić information content (AvgIpc) is 2.78. The summed E-state index contributed by atoms with van der Waals surface area (Å²) in [6, 6.07) is 0.599. The van der Waals surface area contributed by atoms with E-state index in [-0.39, 0.29) is 0 Å². The molecule has 19 heavy (non-hydrogen) atoms. The maximum Gasteiger partial charge on any atom is 0.209 e. The predicted molar refractivity (Wildman–Crippen MR) is 78.2 cm³/mol. The Morgan fingerprint density at radius 2 is 2.05 bits per heavy atom. The zero-order valence-electron chi connectivity index (χ0n) is 12.0. The Bertz CT molecular complexity index is 366. The maximum absolute atomic E-state index is 4.12. The first-order chi connectivity index (χ1) is 9.31. The lowest BCUT2D eigenvalue weighted by atomic mass is 9.96. The van der Waals surface area contributed by atoms with Gasteiger partial charge in [0.2, 0.25) is 5.16 Å². The van der Waals surface area contributed by atoms with Gasteiger partial charge in [0.15, 0.2) is 0 Å². The van der Waals surface area contributed by atoms with Gasteiger partial charge in [-0.1, -0.05) is 44.4 Å². The van der Waals surface area contributed by atoms with Gasteiger partial charge in [-0.25, -0.2) is 4.68 Å². The number of tetrazole rings is 1. The highest BCUT2D eigenvalue weighted by atomic mass is 32.2. The second kappa shape index (κ2) is 7.85. The molecular formula is C13H25N5S. The molecule has 1 heterocycles. The first-order valence-corrected chi connectivity index (χ1v) is 8.31. The van der Waals surface area contributed by atoms with Crippen molar-refractivity contribution in [2.75, 3.05) is 6.54 Å². The van der Waals surface area contributed by atoms with Gasteiger partial charge in [-0.3, -0.25) is 0 Å². The normalized spacial score (nSPS) is 24.9. The van der Waals surface area contributed by atoms with E-state index in [1.807, 2.05) is 18.8 Å². The summed E-state index contributed by atoms with van der Waals surface area (Å²) in [5.41, 5.74) is 0. The Morgan fingerprint density at radius 1 is 1.26 bits per heavy atom. The second-order valence-electron chi connectivity index (χ2n) is 5.29. The SMILES string of the molecule is CCCNC1CCCCCCC1Sc1nnnn1C. The van der Waals surface area contributed by atoms with Crippen molar-refractivity contribution in [1.82, 2.24) is 25.5 Å². The Hall–Kier alpha value is -0.620. The third-order valence-corrected chi connectivity index (χ3v) is 5.12. The van der Waals surface area contributed by atoms with E-state index >= 15 is 0 Å². The fraction of sp³-hybridized carbons (Fsp3) is 0.923. The van der Waals surface area contributed by atoms with Crippen LogP contribution in [0.25, 0.3) is 0 Å². The molecule has 0 spiro atoms. The molecule has 2 atom stereocenters. The molecule has 1 N–H and O–H groups in total. The van der Waals surface area contributed by atoms with Crippen molar-refractivity contribution in [2.45, 2.75) is 68.3 Å². The summed E-state index contributed by atoms with van der Waals surface area (Å²) in [4.78, 5) is 0. The first kappa shape index (κ1) is 14.8. The Kier molecular flexibility index (Phi) is 6.10. The van der Waals surface area contributed by atoms with E-state index in [0.717, 1.165) is 11.7 Å². The van der Waals surface area contributed by atoms with Crippen LogP contribution < -0.4 is 5.32 Å². The van der Waals surface area contributed by atoms with Crippen molar-refractivity contribution in [2.24, 2.45) is 7.05 Å². The van der Waals surface area contributed by atoms with Gasteiger partial charge in [0.1, 0.15) is 0 Å².